The third-order valence-electron chi connectivity index (χ3n) is 5.51. The van der Waals surface area contributed by atoms with E-state index in [0.717, 1.165) is 32.1 Å². The van der Waals surface area contributed by atoms with E-state index in [4.69, 9.17) is 0 Å². The minimum absolute atomic E-state index is 0.0340. The standard InChI is InChI=1S/C17H22N4O3/c1-20-12-4-2-3-11(16(20)23)8-21(9-12)17(24)13-7-18-14(10-5-6-10)19-15(13)22/h7,10-12H,2-6,8-9H2,1H3,(H,18,19,22)/t11-,12+/m1/s1. The number of likely N-dealkylation sites (tertiary alicyclic amines) is 1. The zero-order valence-corrected chi connectivity index (χ0v) is 13.8. The summed E-state index contributed by atoms with van der Waals surface area (Å²) in [5.74, 6) is 0.657. The van der Waals surface area contributed by atoms with E-state index in [9.17, 15) is 14.4 Å². The third-order valence-corrected chi connectivity index (χ3v) is 5.51. The van der Waals surface area contributed by atoms with Gasteiger partial charge in [-0.1, -0.05) is 6.42 Å². The zero-order chi connectivity index (χ0) is 16.8. The maximum Gasteiger partial charge on any atom is 0.263 e. The number of carbonyl (C=O) groups is 2. The molecule has 3 heterocycles. The van der Waals surface area contributed by atoms with E-state index in [1.54, 1.807) is 9.80 Å². The normalized spacial score (nSPS) is 27.1. The molecule has 1 N–H and O–H groups in total. The van der Waals surface area contributed by atoms with Crippen molar-refractivity contribution >= 4 is 11.8 Å². The van der Waals surface area contributed by atoms with Gasteiger partial charge in [0, 0.05) is 38.3 Å². The van der Waals surface area contributed by atoms with E-state index in [-0.39, 0.29) is 34.9 Å². The number of nitrogens with one attached hydrogen (secondary N) is 1. The van der Waals surface area contributed by atoms with Crippen molar-refractivity contribution in [2.24, 2.45) is 5.92 Å². The monoisotopic (exact) mass is 330 g/mol. The molecule has 2 atom stereocenters. The first-order chi connectivity index (χ1) is 11.5. The smallest absolute Gasteiger partial charge is 0.263 e. The maximum atomic E-state index is 12.9. The molecule has 2 amide bonds. The van der Waals surface area contributed by atoms with Gasteiger partial charge in [0.2, 0.25) is 5.91 Å². The topological polar surface area (TPSA) is 86.4 Å². The van der Waals surface area contributed by atoms with Crippen LogP contribution in [0.25, 0.3) is 0 Å². The highest BCUT2D eigenvalue weighted by atomic mass is 16.2. The van der Waals surface area contributed by atoms with Crippen molar-refractivity contribution in [3.05, 3.63) is 27.9 Å². The number of hydrogen-bond acceptors (Lipinski definition) is 4. The van der Waals surface area contributed by atoms with Crippen LogP contribution in [0.15, 0.2) is 11.0 Å². The van der Waals surface area contributed by atoms with Crippen molar-refractivity contribution < 1.29 is 9.59 Å². The summed E-state index contributed by atoms with van der Waals surface area (Å²) in [5, 5.41) is 0. The average molecular weight is 330 g/mol. The first-order valence-electron chi connectivity index (χ1n) is 8.69. The zero-order valence-electron chi connectivity index (χ0n) is 13.8. The van der Waals surface area contributed by atoms with Gasteiger partial charge in [0.1, 0.15) is 11.4 Å². The number of aromatic amines is 1. The highest BCUT2D eigenvalue weighted by molar-refractivity contribution is 5.94. The molecule has 1 aromatic rings. The van der Waals surface area contributed by atoms with Crippen LogP contribution in [0.5, 0.6) is 0 Å². The Labute approximate surface area is 140 Å². The number of likely N-dealkylation sites (N-methyl/N-ethyl adjacent to an activating group) is 1. The van der Waals surface area contributed by atoms with Crippen molar-refractivity contribution in [1.29, 1.82) is 0 Å². The molecule has 0 unspecified atom stereocenters. The van der Waals surface area contributed by atoms with Crippen LogP contribution in [0.4, 0.5) is 0 Å². The Kier molecular flexibility index (Phi) is 3.66. The van der Waals surface area contributed by atoms with Crippen molar-refractivity contribution in [1.82, 2.24) is 19.8 Å². The second kappa shape index (κ2) is 5.72. The Hall–Kier alpha value is -2.18. The molecule has 2 saturated heterocycles. The Morgan fingerprint density at radius 2 is 1.96 bits per heavy atom. The molecule has 1 saturated carbocycles. The van der Waals surface area contributed by atoms with E-state index < -0.39 is 0 Å². The Morgan fingerprint density at radius 1 is 1.17 bits per heavy atom. The molecule has 1 aliphatic carbocycles. The highest BCUT2D eigenvalue weighted by Gasteiger charge is 2.38. The number of rotatable bonds is 2. The quantitative estimate of drug-likeness (QED) is 0.866. The van der Waals surface area contributed by atoms with Crippen molar-refractivity contribution in [2.75, 3.05) is 20.1 Å². The Balaban J connectivity index is 1.60. The minimum Gasteiger partial charge on any atom is -0.341 e. The lowest BCUT2D eigenvalue weighted by Gasteiger charge is -2.29. The fourth-order valence-electron chi connectivity index (χ4n) is 3.82. The van der Waals surface area contributed by atoms with Crippen LogP contribution in [0, 0.1) is 5.92 Å². The van der Waals surface area contributed by atoms with Crippen LogP contribution in [-0.4, -0.2) is 57.8 Å². The molecular formula is C17H22N4O3. The SMILES string of the molecule is CN1C(=O)[C@@H]2CCC[C@H]1CN(C(=O)c1cnc(C3CC3)[nH]c1=O)C2. The molecule has 7 heteroatoms. The summed E-state index contributed by atoms with van der Waals surface area (Å²) in [7, 11) is 1.82. The van der Waals surface area contributed by atoms with Gasteiger partial charge >= 0.3 is 0 Å². The van der Waals surface area contributed by atoms with Gasteiger partial charge in [-0.05, 0) is 25.7 Å². The van der Waals surface area contributed by atoms with Gasteiger partial charge in [-0.25, -0.2) is 4.98 Å². The second-order valence-corrected chi connectivity index (χ2v) is 7.23. The summed E-state index contributed by atoms with van der Waals surface area (Å²) in [6, 6.07) is 0.0340. The highest BCUT2D eigenvalue weighted by Crippen LogP contribution is 2.37. The molecule has 4 rings (SSSR count). The fraction of sp³-hybridized carbons (Fsp3) is 0.647. The molecule has 3 aliphatic rings. The molecule has 1 aromatic heterocycles. The number of amides is 2. The first-order valence-corrected chi connectivity index (χ1v) is 8.69. The van der Waals surface area contributed by atoms with Crippen molar-refractivity contribution in [3.63, 3.8) is 0 Å². The number of aromatic nitrogens is 2. The number of nitrogens with zero attached hydrogens (tertiary/aromatic N) is 3. The lowest BCUT2D eigenvalue weighted by atomic mass is 9.99. The fourth-order valence-corrected chi connectivity index (χ4v) is 3.82. The molecule has 24 heavy (non-hydrogen) atoms. The molecule has 2 aliphatic heterocycles. The van der Waals surface area contributed by atoms with Gasteiger partial charge in [-0.15, -0.1) is 0 Å². The van der Waals surface area contributed by atoms with E-state index in [1.807, 2.05) is 7.05 Å². The van der Waals surface area contributed by atoms with Gasteiger partial charge in [0.05, 0.1) is 5.92 Å². The van der Waals surface area contributed by atoms with Crippen LogP contribution >= 0.6 is 0 Å². The molecule has 2 bridgehead atoms. The van der Waals surface area contributed by atoms with E-state index in [2.05, 4.69) is 9.97 Å². The van der Waals surface area contributed by atoms with Gasteiger partial charge in [0.15, 0.2) is 0 Å². The largest absolute Gasteiger partial charge is 0.341 e. The van der Waals surface area contributed by atoms with E-state index >= 15 is 0 Å². The minimum atomic E-state index is -0.369. The predicted octanol–water partition coefficient (Wildman–Crippen LogP) is 0.730. The average Bonchev–Trinajstić information content (AvgIpc) is 3.38. The van der Waals surface area contributed by atoms with Gasteiger partial charge < -0.3 is 14.8 Å². The van der Waals surface area contributed by atoms with Crippen molar-refractivity contribution in [3.8, 4) is 0 Å². The molecule has 0 spiro atoms. The Bertz CT molecular complexity index is 740. The van der Waals surface area contributed by atoms with Crippen LogP contribution in [0.2, 0.25) is 0 Å². The van der Waals surface area contributed by atoms with Gasteiger partial charge in [-0.2, -0.15) is 0 Å². The number of H-pyrrole nitrogens is 1. The van der Waals surface area contributed by atoms with Crippen LogP contribution in [0.1, 0.15) is 54.2 Å². The second-order valence-electron chi connectivity index (χ2n) is 7.23. The summed E-state index contributed by atoms with van der Waals surface area (Å²) in [6.07, 6.45) is 6.20. The molecule has 128 valence electrons. The van der Waals surface area contributed by atoms with Crippen molar-refractivity contribution in [2.45, 2.75) is 44.1 Å². The molecular weight excluding hydrogens is 308 g/mol. The Morgan fingerprint density at radius 3 is 2.67 bits per heavy atom. The van der Waals surface area contributed by atoms with E-state index in [1.165, 1.54) is 6.20 Å². The van der Waals surface area contributed by atoms with Crippen LogP contribution in [0.3, 0.4) is 0 Å². The summed E-state index contributed by atoms with van der Waals surface area (Å²) < 4.78 is 0. The number of hydrogen-bond donors (Lipinski definition) is 1. The van der Waals surface area contributed by atoms with Crippen LogP contribution in [-0.2, 0) is 4.79 Å². The molecule has 3 fully saturated rings. The van der Waals surface area contributed by atoms with E-state index in [0.29, 0.717) is 24.8 Å². The molecule has 0 aromatic carbocycles. The maximum absolute atomic E-state index is 12.9. The summed E-state index contributed by atoms with van der Waals surface area (Å²) in [4.78, 5) is 48.0. The summed E-state index contributed by atoms with van der Waals surface area (Å²) >= 11 is 0. The predicted molar refractivity (Wildman–Crippen MR) is 86.6 cm³/mol. The summed E-state index contributed by atoms with van der Waals surface area (Å²) in [6.45, 7) is 0.879. The van der Waals surface area contributed by atoms with Crippen LogP contribution < -0.4 is 5.56 Å². The van der Waals surface area contributed by atoms with Gasteiger partial charge in [0.25, 0.3) is 11.5 Å². The molecule has 7 nitrogen and oxygen atoms in total. The third kappa shape index (κ3) is 2.61. The first kappa shape index (κ1) is 15.4. The summed E-state index contributed by atoms with van der Waals surface area (Å²) in [5.41, 5.74) is -0.291. The van der Waals surface area contributed by atoms with Gasteiger partial charge in [-0.3, -0.25) is 14.4 Å². The number of fused-ring (bicyclic) bond motifs is 3. The molecule has 0 radical (unpaired) electrons. The lowest BCUT2D eigenvalue weighted by Crippen LogP contribution is -2.43. The number of carbonyl (C=O) groups excluding carboxylic acids is 2. The lowest BCUT2D eigenvalue weighted by molar-refractivity contribution is -0.134.